The lowest BCUT2D eigenvalue weighted by molar-refractivity contribution is -0.120. The minimum atomic E-state index is 0.0612. The van der Waals surface area contributed by atoms with E-state index in [1.807, 2.05) is 6.92 Å². The van der Waals surface area contributed by atoms with Gasteiger partial charge in [-0.3, -0.25) is 4.79 Å². The molecule has 0 saturated heterocycles. The third-order valence-corrected chi connectivity index (χ3v) is 4.15. The van der Waals surface area contributed by atoms with Crippen LogP contribution in [0.2, 0.25) is 0 Å². The average molecular weight is 278 g/mol. The number of nitrogens with one attached hydrogen (secondary N) is 2. The number of benzene rings is 1. The first-order valence-corrected chi connectivity index (χ1v) is 8.05. The first kappa shape index (κ1) is 14.4. The van der Waals surface area contributed by atoms with Crippen LogP contribution in [-0.4, -0.2) is 25.3 Å². The molecule has 0 radical (unpaired) electrons. The Hall–Kier alpha value is -1.00. The van der Waals surface area contributed by atoms with Crippen LogP contribution in [0.15, 0.2) is 29.2 Å². The van der Waals surface area contributed by atoms with Crippen LogP contribution in [0.25, 0.3) is 0 Å². The van der Waals surface area contributed by atoms with Gasteiger partial charge in [0, 0.05) is 4.90 Å². The lowest BCUT2D eigenvalue weighted by atomic mass is 10.1. The van der Waals surface area contributed by atoms with E-state index in [9.17, 15) is 4.79 Å². The molecule has 1 unspecified atom stereocenters. The lowest BCUT2D eigenvalue weighted by Crippen LogP contribution is -2.36. The Kier molecular flexibility index (Phi) is 5.28. The molecule has 0 spiro atoms. The smallest absolute Gasteiger partial charge is 0.234 e. The summed E-state index contributed by atoms with van der Waals surface area (Å²) in [6.07, 6.45) is 4.69. The number of hydrogen-bond donors (Lipinski definition) is 2. The Bertz CT molecular complexity index is 415. The second-order valence-corrected chi connectivity index (χ2v) is 6.02. The van der Waals surface area contributed by atoms with Gasteiger partial charge >= 0.3 is 0 Å². The number of thioether (sulfide) groups is 1. The molecule has 1 atom stereocenters. The minimum absolute atomic E-state index is 0.0612. The Morgan fingerprint density at radius 3 is 2.63 bits per heavy atom. The van der Waals surface area contributed by atoms with E-state index < -0.39 is 0 Å². The van der Waals surface area contributed by atoms with Gasteiger partial charge in [-0.25, -0.2) is 0 Å². The first-order valence-electron chi connectivity index (χ1n) is 6.83. The molecule has 1 aliphatic carbocycles. The molecule has 0 aliphatic heterocycles. The van der Waals surface area contributed by atoms with E-state index in [2.05, 4.69) is 41.2 Å². The molecule has 104 valence electrons. The maximum absolute atomic E-state index is 11.8. The van der Waals surface area contributed by atoms with Gasteiger partial charge in [0.05, 0.1) is 12.6 Å². The fourth-order valence-electron chi connectivity index (χ4n) is 1.98. The molecule has 1 aliphatic rings. The Morgan fingerprint density at radius 2 is 2.05 bits per heavy atom. The van der Waals surface area contributed by atoms with Crippen LogP contribution in [-0.2, 0) is 4.79 Å². The quantitative estimate of drug-likeness (QED) is 0.753. The lowest BCUT2D eigenvalue weighted by Gasteiger charge is -2.15. The van der Waals surface area contributed by atoms with Gasteiger partial charge in [0.2, 0.25) is 5.91 Å². The van der Waals surface area contributed by atoms with Gasteiger partial charge in [0.25, 0.3) is 0 Å². The van der Waals surface area contributed by atoms with E-state index in [1.165, 1.54) is 17.7 Å². The summed E-state index contributed by atoms with van der Waals surface area (Å²) in [5.41, 5.74) is 1.15. The second kappa shape index (κ2) is 6.96. The van der Waals surface area contributed by atoms with Crippen molar-refractivity contribution in [1.29, 1.82) is 0 Å². The fourth-order valence-corrected chi connectivity index (χ4v) is 2.39. The van der Waals surface area contributed by atoms with Crippen molar-refractivity contribution in [2.75, 3.05) is 19.3 Å². The predicted molar refractivity (Wildman–Crippen MR) is 80.4 cm³/mol. The summed E-state index contributed by atoms with van der Waals surface area (Å²) < 4.78 is 0. The normalized spacial score (nSPS) is 16.1. The van der Waals surface area contributed by atoms with Gasteiger partial charge in [-0.1, -0.05) is 12.1 Å². The first-order chi connectivity index (χ1) is 9.19. The predicted octanol–water partition coefficient (Wildman–Crippen LogP) is 2.59. The Labute approximate surface area is 119 Å². The molecule has 1 aromatic carbocycles. The molecule has 3 nitrogen and oxygen atoms in total. The summed E-state index contributed by atoms with van der Waals surface area (Å²) in [7, 11) is 0. The number of amides is 1. The molecular formula is C15H22N2OS. The summed E-state index contributed by atoms with van der Waals surface area (Å²) in [6.45, 7) is 3.42. The number of rotatable bonds is 7. The van der Waals surface area contributed by atoms with Crippen molar-refractivity contribution in [3.05, 3.63) is 29.8 Å². The highest BCUT2D eigenvalue weighted by Gasteiger charge is 2.20. The van der Waals surface area contributed by atoms with E-state index in [4.69, 9.17) is 0 Å². The molecule has 19 heavy (non-hydrogen) atoms. The molecule has 2 N–H and O–H groups in total. The summed E-state index contributed by atoms with van der Waals surface area (Å²) in [4.78, 5) is 13.0. The van der Waals surface area contributed by atoms with E-state index >= 15 is 0 Å². The van der Waals surface area contributed by atoms with Crippen LogP contribution < -0.4 is 10.6 Å². The third-order valence-electron chi connectivity index (χ3n) is 3.41. The zero-order chi connectivity index (χ0) is 13.7. The zero-order valence-corrected chi connectivity index (χ0v) is 12.4. The summed E-state index contributed by atoms with van der Waals surface area (Å²) >= 11 is 1.73. The molecule has 0 aromatic heterocycles. The van der Waals surface area contributed by atoms with E-state index in [0.717, 1.165) is 18.0 Å². The highest BCUT2D eigenvalue weighted by Crippen LogP contribution is 2.27. The summed E-state index contributed by atoms with van der Waals surface area (Å²) in [6, 6.07) is 8.40. The molecular weight excluding hydrogens is 256 g/mol. The van der Waals surface area contributed by atoms with Crippen LogP contribution in [0, 0.1) is 5.92 Å². The standard InChI is InChI=1S/C15H22N2OS/c1-11(13-5-7-14(19-2)8-6-13)17-15(18)10-16-9-12-3-4-12/h5-8,11-12,16H,3-4,9-10H2,1-2H3,(H,17,18). The van der Waals surface area contributed by atoms with Gasteiger partial charge < -0.3 is 10.6 Å². The number of carbonyl (C=O) groups is 1. The highest BCUT2D eigenvalue weighted by molar-refractivity contribution is 7.98. The van der Waals surface area contributed by atoms with Crippen molar-refractivity contribution in [1.82, 2.24) is 10.6 Å². The van der Waals surface area contributed by atoms with E-state index in [0.29, 0.717) is 6.54 Å². The molecule has 1 amide bonds. The van der Waals surface area contributed by atoms with Crippen LogP contribution in [0.4, 0.5) is 0 Å². The van der Waals surface area contributed by atoms with Crippen LogP contribution in [0.3, 0.4) is 0 Å². The van der Waals surface area contributed by atoms with Crippen LogP contribution >= 0.6 is 11.8 Å². The molecule has 0 heterocycles. The van der Waals surface area contributed by atoms with Gasteiger partial charge in [0.1, 0.15) is 0 Å². The van der Waals surface area contributed by atoms with Gasteiger partial charge in [-0.2, -0.15) is 0 Å². The maximum atomic E-state index is 11.8. The summed E-state index contributed by atoms with van der Waals surface area (Å²) in [5, 5.41) is 6.23. The van der Waals surface area contributed by atoms with Gasteiger partial charge in [-0.15, -0.1) is 11.8 Å². The maximum Gasteiger partial charge on any atom is 0.234 e. The largest absolute Gasteiger partial charge is 0.348 e. The Balaban J connectivity index is 1.74. The molecule has 1 fully saturated rings. The third kappa shape index (κ3) is 4.88. The zero-order valence-electron chi connectivity index (χ0n) is 11.6. The van der Waals surface area contributed by atoms with Gasteiger partial charge in [0.15, 0.2) is 0 Å². The van der Waals surface area contributed by atoms with E-state index in [-0.39, 0.29) is 11.9 Å². The molecule has 4 heteroatoms. The van der Waals surface area contributed by atoms with Crippen molar-refractivity contribution in [3.8, 4) is 0 Å². The highest BCUT2D eigenvalue weighted by atomic mass is 32.2. The van der Waals surface area contributed by atoms with Crippen LogP contribution in [0.5, 0.6) is 0 Å². The molecule has 1 saturated carbocycles. The van der Waals surface area contributed by atoms with Crippen molar-refractivity contribution in [2.45, 2.75) is 30.7 Å². The minimum Gasteiger partial charge on any atom is -0.348 e. The van der Waals surface area contributed by atoms with Crippen molar-refractivity contribution >= 4 is 17.7 Å². The monoisotopic (exact) mass is 278 g/mol. The summed E-state index contributed by atoms with van der Waals surface area (Å²) in [5.74, 6) is 0.881. The Morgan fingerprint density at radius 1 is 1.37 bits per heavy atom. The SMILES string of the molecule is CSc1ccc(C(C)NC(=O)CNCC2CC2)cc1. The average Bonchev–Trinajstić information content (AvgIpc) is 3.23. The fraction of sp³-hybridized carbons (Fsp3) is 0.533. The van der Waals surface area contributed by atoms with Crippen molar-refractivity contribution < 1.29 is 4.79 Å². The molecule has 1 aromatic rings. The van der Waals surface area contributed by atoms with Crippen molar-refractivity contribution in [3.63, 3.8) is 0 Å². The second-order valence-electron chi connectivity index (χ2n) is 5.14. The van der Waals surface area contributed by atoms with Crippen molar-refractivity contribution in [2.24, 2.45) is 5.92 Å². The van der Waals surface area contributed by atoms with Gasteiger partial charge in [-0.05, 0) is 56.2 Å². The number of hydrogen-bond acceptors (Lipinski definition) is 3. The van der Waals surface area contributed by atoms with Crippen LogP contribution in [0.1, 0.15) is 31.4 Å². The topological polar surface area (TPSA) is 41.1 Å². The number of carbonyl (C=O) groups excluding carboxylic acids is 1. The molecule has 0 bridgehead atoms. The van der Waals surface area contributed by atoms with E-state index in [1.54, 1.807) is 11.8 Å². The molecule has 2 rings (SSSR count).